The van der Waals surface area contributed by atoms with Crippen LogP contribution in [0, 0.1) is 12.8 Å². The summed E-state index contributed by atoms with van der Waals surface area (Å²) < 4.78 is 11.8. The second-order valence-electron chi connectivity index (χ2n) is 8.00. The van der Waals surface area contributed by atoms with Gasteiger partial charge in [-0.1, -0.05) is 18.2 Å². The molecular weight excluding hydrogens is 384 g/mol. The van der Waals surface area contributed by atoms with Gasteiger partial charge in [-0.05, 0) is 49.4 Å². The van der Waals surface area contributed by atoms with E-state index >= 15 is 0 Å². The minimum absolute atomic E-state index is 0.102. The number of fused-ring (bicyclic) bond motifs is 4. The number of methoxy groups -OCH3 is 1. The number of hydrogen-bond donors (Lipinski definition) is 0. The van der Waals surface area contributed by atoms with Crippen LogP contribution < -0.4 is 15.2 Å². The molecule has 2 bridgehead atoms. The van der Waals surface area contributed by atoms with E-state index in [9.17, 15) is 4.79 Å². The number of anilines is 1. The maximum Gasteiger partial charge on any atom is 0.251 e. The minimum Gasteiger partial charge on any atom is -0.497 e. The Hall–Kier alpha value is -2.67. The molecule has 7 heteroatoms. The number of piperidine rings is 1. The van der Waals surface area contributed by atoms with Crippen LogP contribution in [0.15, 0.2) is 47.3 Å². The number of benzene rings is 1. The van der Waals surface area contributed by atoms with E-state index in [0.717, 1.165) is 48.3 Å². The fraction of sp³-hybridized carbons (Fsp3) is 0.409. The van der Waals surface area contributed by atoms with E-state index in [1.165, 1.54) is 17.1 Å². The van der Waals surface area contributed by atoms with Gasteiger partial charge >= 0.3 is 0 Å². The Bertz CT molecular complexity index is 1090. The van der Waals surface area contributed by atoms with E-state index in [2.05, 4.69) is 37.0 Å². The Morgan fingerprint density at radius 2 is 2.07 bits per heavy atom. The summed E-state index contributed by atoms with van der Waals surface area (Å²) in [6, 6.07) is 14.0. The predicted octanol–water partition coefficient (Wildman–Crippen LogP) is 3.42. The van der Waals surface area contributed by atoms with Gasteiger partial charge in [0.15, 0.2) is 0 Å². The highest BCUT2D eigenvalue weighted by molar-refractivity contribution is 7.09. The van der Waals surface area contributed by atoms with Crippen molar-refractivity contribution >= 4 is 16.7 Å². The molecule has 0 saturated carbocycles. The summed E-state index contributed by atoms with van der Waals surface area (Å²) in [6.45, 7) is 3.73. The highest BCUT2D eigenvalue weighted by Crippen LogP contribution is 2.43. The lowest BCUT2D eigenvalue weighted by atomic mass is 9.77. The second kappa shape index (κ2) is 7.30. The number of hydrogen-bond acceptors (Lipinski definition) is 6. The number of ether oxygens (including phenoxy) is 1. The van der Waals surface area contributed by atoms with Crippen LogP contribution >= 0.6 is 11.5 Å². The Balaban J connectivity index is 1.54. The lowest BCUT2D eigenvalue weighted by Crippen LogP contribution is -2.50. The Morgan fingerprint density at radius 3 is 2.86 bits per heavy atom. The zero-order valence-corrected chi connectivity index (χ0v) is 17.4. The minimum atomic E-state index is 0.102. The first-order valence-corrected chi connectivity index (χ1v) is 10.8. The fourth-order valence-corrected chi connectivity index (χ4v) is 5.61. The summed E-state index contributed by atoms with van der Waals surface area (Å²) in [5.74, 6) is 2.40. The van der Waals surface area contributed by atoms with Crippen molar-refractivity contribution in [3.05, 3.63) is 69.9 Å². The topological polar surface area (TPSA) is 60.2 Å². The third-order valence-corrected chi connectivity index (χ3v) is 7.03. The molecule has 3 aromatic rings. The van der Waals surface area contributed by atoms with Crippen molar-refractivity contribution in [1.82, 2.24) is 13.9 Å². The van der Waals surface area contributed by atoms with Gasteiger partial charge in [0.2, 0.25) is 5.13 Å². The van der Waals surface area contributed by atoms with Gasteiger partial charge in [-0.15, -0.1) is 0 Å². The molecule has 150 valence electrons. The quantitative estimate of drug-likeness (QED) is 0.662. The molecule has 0 N–H and O–H groups in total. The highest BCUT2D eigenvalue weighted by Gasteiger charge is 2.41. The molecule has 1 saturated heterocycles. The summed E-state index contributed by atoms with van der Waals surface area (Å²) in [4.78, 5) is 19.9. The molecule has 0 unspecified atom stereocenters. The normalized spacial score (nSPS) is 23.0. The maximum atomic E-state index is 12.9. The molecule has 0 amide bonds. The van der Waals surface area contributed by atoms with Gasteiger partial charge in [-0.3, -0.25) is 4.79 Å². The Kier molecular flexibility index (Phi) is 4.62. The fourth-order valence-electron chi connectivity index (χ4n) is 4.92. The number of rotatable bonds is 4. The van der Waals surface area contributed by atoms with E-state index in [-0.39, 0.29) is 11.6 Å². The zero-order valence-electron chi connectivity index (χ0n) is 16.6. The summed E-state index contributed by atoms with van der Waals surface area (Å²) in [6.07, 6.45) is 1.92. The van der Waals surface area contributed by atoms with Gasteiger partial charge in [0.1, 0.15) is 11.6 Å². The summed E-state index contributed by atoms with van der Waals surface area (Å²) in [5.41, 5.74) is 2.44. The number of aryl methyl sites for hydroxylation is 1. The third kappa shape index (κ3) is 3.33. The van der Waals surface area contributed by atoms with Crippen molar-refractivity contribution in [1.29, 1.82) is 0 Å². The summed E-state index contributed by atoms with van der Waals surface area (Å²) in [5, 5.41) is 0.990. The summed E-state index contributed by atoms with van der Waals surface area (Å²) in [7, 11) is 1.69. The molecule has 0 radical (unpaired) electrons. The zero-order chi connectivity index (χ0) is 20.0. The van der Waals surface area contributed by atoms with Crippen LogP contribution in [0.1, 0.15) is 35.5 Å². The molecule has 2 aliphatic heterocycles. The van der Waals surface area contributed by atoms with Crippen LogP contribution in [0.2, 0.25) is 0 Å². The molecule has 1 aromatic carbocycles. The number of aromatic nitrogens is 3. The standard InChI is InChI=1S/C22H24N4O2S/c1-14-23-22(29-24-14)25-12-16-11-17(13-25)20(26-19(16)7-4-8-21(26)27)10-15-5-3-6-18(9-15)28-2/h3-9,16-17,20H,10-13H2,1-2H3/t16-,17+,20+/m1/s1. The molecule has 0 spiro atoms. The lowest BCUT2D eigenvalue weighted by molar-refractivity contribution is 0.211. The molecule has 4 heterocycles. The molecule has 1 fully saturated rings. The van der Waals surface area contributed by atoms with Crippen LogP contribution in [0.25, 0.3) is 0 Å². The molecule has 5 rings (SSSR count). The average Bonchev–Trinajstić information content (AvgIpc) is 3.18. The van der Waals surface area contributed by atoms with E-state index in [4.69, 9.17) is 4.74 Å². The monoisotopic (exact) mass is 408 g/mol. The average molecular weight is 409 g/mol. The van der Waals surface area contributed by atoms with Crippen LogP contribution in [0.4, 0.5) is 5.13 Å². The second-order valence-corrected chi connectivity index (χ2v) is 8.73. The Labute approximate surface area is 174 Å². The number of pyridine rings is 1. The molecule has 3 atom stereocenters. The first-order valence-electron chi connectivity index (χ1n) is 10.0. The SMILES string of the molecule is COc1cccc(C[C@H]2[C@H]3C[C@H](CN(c4nc(C)ns4)C3)c3cccc(=O)n32)c1. The highest BCUT2D eigenvalue weighted by atomic mass is 32.1. The third-order valence-electron chi connectivity index (χ3n) is 6.16. The first kappa shape index (κ1) is 18.4. The number of nitrogens with zero attached hydrogens (tertiary/aromatic N) is 4. The van der Waals surface area contributed by atoms with Gasteiger partial charge in [-0.25, -0.2) is 4.98 Å². The van der Waals surface area contributed by atoms with Crippen molar-refractivity contribution in [3.8, 4) is 5.75 Å². The molecule has 2 aromatic heterocycles. The van der Waals surface area contributed by atoms with Gasteiger partial charge in [0.05, 0.1) is 7.11 Å². The van der Waals surface area contributed by atoms with E-state index in [1.807, 2.05) is 25.1 Å². The van der Waals surface area contributed by atoms with Crippen LogP contribution in [-0.4, -0.2) is 34.1 Å². The van der Waals surface area contributed by atoms with Crippen molar-refractivity contribution in [2.75, 3.05) is 25.1 Å². The van der Waals surface area contributed by atoms with Crippen LogP contribution in [0.3, 0.4) is 0 Å². The summed E-state index contributed by atoms with van der Waals surface area (Å²) >= 11 is 1.47. The van der Waals surface area contributed by atoms with Gasteiger partial charge < -0.3 is 14.2 Å². The smallest absolute Gasteiger partial charge is 0.251 e. The molecule has 29 heavy (non-hydrogen) atoms. The lowest BCUT2D eigenvalue weighted by Gasteiger charge is -2.47. The largest absolute Gasteiger partial charge is 0.497 e. The Morgan fingerprint density at radius 1 is 1.21 bits per heavy atom. The van der Waals surface area contributed by atoms with E-state index in [1.54, 1.807) is 13.2 Å². The van der Waals surface area contributed by atoms with Crippen molar-refractivity contribution < 1.29 is 4.74 Å². The molecule has 6 nitrogen and oxygen atoms in total. The van der Waals surface area contributed by atoms with Gasteiger partial charge in [0.25, 0.3) is 5.56 Å². The first-order chi connectivity index (χ1) is 14.1. The van der Waals surface area contributed by atoms with Crippen molar-refractivity contribution in [2.24, 2.45) is 5.92 Å². The van der Waals surface area contributed by atoms with Crippen molar-refractivity contribution in [2.45, 2.75) is 31.7 Å². The van der Waals surface area contributed by atoms with Crippen LogP contribution in [0.5, 0.6) is 5.75 Å². The molecule has 0 aliphatic carbocycles. The van der Waals surface area contributed by atoms with E-state index in [0.29, 0.717) is 11.8 Å². The molecular formula is C22H24N4O2S. The predicted molar refractivity (Wildman–Crippen MR) is 114 cm³/mol. The van der Waals surface area contributed by atoms with Gasteiger partial charge in [-0.2, -0.15) is 4.37 Å². The maximum absolute atomic E-state index is 12.9. The van der Waals surface area contributed by atoms with Gasteiger partial charge in [0, 0.05) is 48.3 Å². The molecule has 2 aliphatic rings. The van der Waals surface area contributed by atoms with E-state index < -0.39 is 0 Å². The van der Waals surface area contributed by atoms with Crippen molar-refractivity contribution in [3.63, 3.8) is 0 Å². The van der Waals surface area contributed by atoms with Crippen LogP contribution in [-0.2, 0) is 6.42 Å².